The van der Waals surface area contributed by atoms with Gasteiger partial charge in [0.05, 0.1) is 21.9 Å². The minimum atomic E-state index is -0.465. The van der Waals surface area contributed by atoms with Gasteiger partial charge in [-0.1, -0.05) is 11.6 Å². The lowest BCUT2D eigenvalue weighted by Gasteiger charge is -2.26. The Kier molecular flexibility index (Phi) is 6.36. The van der Waals surface area contributed by atoms with Gasteiger partial charge in [-0.15, -0.1) is 0 Å². The van der Waals surface area contributed by atoms with Crippen LogP contribution < -0.4 is 10.2 Å². The fourth-order valence-electron chi connectivity index (χ4n) is 4.26. The summed E-state index contributed by atoms with van der Waals surface area (Å²) in [6, 6.07) is 12.1. The quantitative estimate of drug-likeness (QED) is 0.431. The first-order chi connectivity index (χ1) is 16.9. The van der Waals surface area contributed by atoms with E-state index in [-0.39, 0.29) is 10.9 Å². The third-order valence-electron chi connectivity index (χ3n) is 6.14. The molecule has 1 aliphatic rings. The van der Waals surface area contributed by atoms with Crippen LogP contribution in [0.25, 0.3) is 22.4 Å². The van der Waals surface area contributed by atoms with Crippen molar-refractivity contribution in [2.45, 2.75) is 6.42 Å². The van der Waals surface area contributed by atoms with Crippen LogP contribution in [-0.4, -0.2) is 63.8 Å². The number of aryl methyl sites for hydroxylation is 1. The number of carbonyl (C=O) groups is 1. The minimum absolute atomic E-state index is 0.0586. The molecule has 35 heavy (non-hydrogen) atoms. The van der Waals surface area contributed by atoms with Crippen molar-refractivity contribution in [3.63, 3.8) is 0 Å². The molecule has 1 amide bonds. The van der Waals surface area contributed by atoms with Crippen molar-refractivity contribution >= 4 is 39.9 Å². The normalized spacial score (nSPS) is 15.3. The van der Waals surface area contributed by atoms with Crippen molar-refractivity contribution < 1.29 is 9.18 Å². The molecule has 5 rings (SSSR count). The van der Waals surface area contributed by atoms with Crippen molar-refractivity contribution in [1.82, 2.24) is 30.0 Å². The number of anilines is 2. The van der Waals surface area contributed by atoms with E-state index in [4.69, 9.17) is 16.6 Å². The molecule has 0 radical (unpaired) electrons. The summed E-state index contributed by atoms with van der Waals surface area (Å²) < 4.78 is 15.5. The Labute approximate surface area is 207 Å². The molecule has 4 aromatic rings. The summed E-state index contributed by atoms with van der Waals surface area (Å²) in [6.07, 6.45) is 2.53. The molecule has 0 unspecified atom stereocenters. The summed E-state index contributed by atoms with van der Waals surface area (Å²) in [7, 11) is 3.55. The minimum Gasteiger partial charge on any atom is -0.340 e. The molecule has 1 aliphatic heterocycles. The van der Waals surface area contributed by atoms with E-state index in [2.05, 4.69) is 20.3 Å². The van der Waals surface area contributed by atoms with Crippen molar-refractivity contribution in [3.05, 3.63) is 65.2 Å². The number of aromatic nitrogens is 4. The first-order valence-electron chi connectivity index (χ1n) is 11.4. The van der Waals surface area contributed by atoms with Crippen molar-refractivity contribution in [2.24, 2.45) is 7.05 Å². The van der Waals surface area contributed by atoms with Crippen LogP contribution in [0.5, 0.6) is 0 Å². The average molecular weight is 494 g/mol. The van der Waals surface area contributed by atoms with E-state index in [1.807, 2.05) is 18.2 Å². The molecule has 0 saturated carbocycles. The van der Waals surface area contributed by atoms with Gasteiger partial charge in [0.15, 0.2) is 0 Å². The van der Waals surface area contributed by atoms with Crippen LogP contribution in [0.1, 0.15) is 16.9 Å². The van der Waals surface area contributed by atoms with E-state index in [1.165, 1.54) is 6.07 Å². The van der Waals surface area contributed by atoms with Gasteiger partial charge in [0.2, 0.25) is 0 Å². The van der Waals surface area contributed by atoms with Gasteiger partial charge >= 0.3 is 0 Å². The molecule has 0 aliphatic carbocycles. The number of pyridine rings is 2. The van der Waals surface area contributed by atoms with Crippen molar-refractivity contribution in [1.29, 1.82) is 0 Å². The Morgan fingerprint density at radius 3 is 2.71 bits per heavy atom. The number of hydrogen-bond acceptors (Lipinski definition) is 6. The molecule has 0 spiro atoms. The number of halogens is 2. The van der Waals surface area contributed by atoms with Gasteiger partial charge in [-0.2, -0.15) is 5.10 Å². The Morgan fingerprint density at radius 1 is 1.03 bits per heavy atom. The number of nitrogens with zero attached hydrogens (tertiary/aromatic N) is 6. The molecule has 1 N–H and O–H groups in total. The number of nitrogens with one attached hydrogen (secondary N) is 1. The Balaban J connectivity index is 1.67. The predicted molar refractivity (Wildman–Crippen MR) is 135 cm³/mol. The summed E-state index contributed by atoms with van der Waals surface area (Å²) in [4.78, 5) is 26.1. The van der Waals surface area contributed by atoms with Crippen LogP contribution in [0.2, 0.25) is 5.02 Å². The predicted octanol–water partition coefficient (Wildman–Crippen LogP) is 4.03. The van der Waals surface area contributed by atoms with Gasteiger partial charge in [-0.05, 0) is 55.4 Å². The number of rotatable bonds is 1. The van der Waals surface area contributed by atoms with E-state index in [1.54, 1.807) is 48.1 Å². The highest BCUT2D eigenvalue weighted by molar-refractivity contribution is 6.31. The first-order valence-corrected chi connectivity index (χ1v) is 11.8. The summed E-state index contributed by atoms with van der Waals surface area (Å²) in [5.41, 5.74) is 4.69. The second-order valence-electron chi connectivity index (χ2n) is 8.51. The van der Waals surface area contributed by atoms with Crippen LogP contribution in [-0.2, 0) is 7.05 Å². The highest BCUT2D eigenvalue weighted by atomic mass is 35.5. The summed E-state index contributed by atoms with van der Waals surface area (Å²) in [5, 5.41) is 8.06. The summed E-state index contributed by atoms with van der Waals surface area (Å²) in [5.74, 6) is -0.548. The van der Waals surface area contributed by atoms with Crippen molar-refractivity contribution in [3.8, 4) is 11.4 Å². The highest BCUT2D eigenvalue weighted by Crippen LogP contribution is 2.33. The standard InChI is InChI=1S/C25H25ClFN7O/c1-32-12-3-9-28-11-13-34(16-4-5-18(27)17(26)14-16)22-8-10-29-20-7-6-19(30-24(20)22)21-15-23(25(32)35)33(2)31-21/h4-8,10,14-15,28H,3,9,11-13H2,1-2H3. The van der Waals surface area contributed by atoms with Crippen LogP contribution in [0.15, 0.2) is 48.7 Å². The van der Waals surface area contributed by atoms with E-state index in [9.17, 15) is 9.18 Å². The first kappa shape index (κ1) is 23.2. The SMILES string of the molecule is CN1CCCNCCN(c2ccc(F)c(Cl)c2)c2ccnc3ccc(nc23)-c2cc(n(C)n2)C1=O. The van der Waals surface area contributed by atoms with Crippen LogP contribution in [0.3, 0.4) is 0 Å². The van der Waals surface area contributed by atoms with Gasteiger partial charge in [0.1, 0.15) is 22.7 Å². The Hall–Kier alpha value is -3.56. The topological polar surface area (TPSA) is 79.2 Å². The number of hydrogen-bond donors (Lipinski definition) is 1. The lowest BCUT2D eigenvalue weighted by atomic mass is 10.1. The molecule has 8 nitrogen and oxygen atoms in total. The smallest absolute Gasteiger partial charge is 0.271 e. The highest BCUT2D eigenvalue weighted by Gasteiger charge is 2.21. The maximum atomic E-state index is 13.9. The third-order valence-corrected chi connectivity index (χ3v) is 6.43. The fraction of sp³-hybridized carbons (Fsp3) is 0.280. The molecule has 0 fully saturated rings. The van der Waals surface area contributed by atoms with Gasteiger partial charge in [0, 0.05) is 45.6 Å². The van der Waals surface area contributed by atoms with Crippen LogP contribution >= 0.6 is 11.6 Å². The van der Waals surface area contributed by atoms with Crippen LogP contribution in [0.4, 0.5) is 15.8 Å². The molecular weight excluding hydrogens is 469 g/mol. The van der Waals surface area contributed by atoms with E-state index in [0.717, 1.165) is 24.3 Å². The molecular formula is C25H25ClFN7O. The zero-order valence-electron chi connectivity index (χ0n) is 19.5. The fourth-order valence-corrected chi connectivity index (χ4v) is 4.44. The van der Waals surface area contributed by atoms with Gasteiger partial charge < -0.3 is 15.1 Å². The molecule has 0 saturated heterocycles. The average Bonchev–Trinajstić information content (AvgIpc) is 3.25. The lowest BCUT2D eigenvalue weighted by molar-refractivity contribution is 0.0782. The molecule has 180 valence electrons. The molecule has 10 heteroatoms. The van der Waals surface area contributed by atoms with Gasteiger partial charge in [-0.25, -0.2) is 9.37 Å². The molecule has 4 bridgehead atoms. The van der Waals surface area contributed by atoms with Crippen molar-refractivity contribution in [2.75, 3.05) is 38.1 Å². The second kappa shape index (κ2) is 9.59. The maximum absolute atomic E-state index is 13.9. The Morgan fingerprint density at radius 2 is 1.89 bits per heavy atom. The zero-order chi connectivity index (χ0) is 24.5. The van der Waals surface area contributed by atoms with E-state index in [0.29, 0.717) is 47.7 Å². The Bertz CT molecular complexity index is 1410. The van der Waals surface area contributed by atoms with Gasteiger partial charge in [0.25, 0.3) is 5.91 Å². The second-order valence-corrected chi connectivity index (χ2v) is 8.92. The number of carbonyl (C=O) groups excluding carboxylic acids is 1. The number of amides is 1. The molecule has 4 heterocycles. The largest absolute Gasteiger partial charge is 0.340 e. The summed E-state index contributed by atoms with van der Waals surface area (Å²) >= 11 is 6.13. The monoisotopic (exact) mass is 493 g/mol. The zero-order valence-corrected chi connectivity index (χ0v) is 20.3. The van der Waals surface area contributed by atoms with E-state index >= 15 is 0 Å². The summed E-state index contributed by atoms with van der Waals surface area (Å²) in [6.45, 7) is 2.61. The molecule has 1 aromatic carbocycles. The number of benzene rings is 1. The van der Waals surface area contributed by atoms with Gasteiger partial charge in [-0.3, -0.25) is 14.5 Å². The lowest BCUT2D eigenvalue weighted by Crippen LogP contribution is -2.33. The molecule has 3 aromatic heterocycles. The number of fused-ring (bicyclic) bond motifs is 4. The van der Waals surface area contributed by atoms with E-state index < -0.39 is 5.82 Å². The maximum Gasteiger partial charge on any atom is 0.271 e. The molecule has 0 atom stereocenters. The third kappa shape index (κ3) is 4.56. The van der Waals surface area contributed by atoms with Crippen LogP contribution in [0, 0.1) is 5.82 Å².